The molecule has 2 nitrogen and oxygen atoms in total. The number of rotatable bonds is 3. The van der Waals surface area contributed by atoms with Gasteiger partial charge >= 0.3 is 0 Å². The van der Waals surface area contributed by atoms with E-state index in [0.717, 1.165) is 4.47 Å². The molecule has 0 heterocycles. The second-order valence-electron chi connectivity index (χ2n) is 3.15. The van der Waals surface area contributed by atoms with Crippen molar-refractivity contribution in [1.29, 1.82) is 0 Å². The molecule has 1 aromatic rings. The lowest BCUT2D eigenvalue weighted by Crippen LogP contribution is -2.11. The van der Waals surface area contributed by atoms with Crippen molar-refractivity contribution in [2.45, 2.75) is 12.8 Å². The number of benzene rings is 1. The molecule has 0 aliphatic rings. The Labute approximate surface area is 91.4 Å². The quantitative estimate of drug-likeness (QED) is 0.908. The molecule has 0 fully saturated rings. The minimum atomic E-state index is -0.325. The van der Waals surface area contributed by atoms with Gasteiger partial charge in [0.1, 0.15) is 0 Å². The molecule has 0 aromatic heterocycles. The van der Waals surface area contributed by atoms with Crippen LogP contribution in [0, 0.1) is 5.82 Å². The van der Waals surface area contributed by atoms with E-state index >= 15 is 0 Å². The van der Waals surface area contributed by atoms with E-state index < -0.39 is 0 Å². The first-order valence-corrected chi connectivity index (χ1v) is 5.12. The zero-order valence-electron chi connectivity index (χ0n) is 8.18. The van der Waals surface area contributed by atoms with E-state index in [4.69, 9.17) is 10.5 Å². The molecule has 1 atom stereocenters. The highest BCUT2D eigenvalue weighted by Crippen LogP contribution is 2.30. The summed E-state index contributed by atoms with van der Waals surface area (Å²) >= 11 is 3.30. The van der Waals surface area contributed by atoms with Gasteiger partial charge in [-0.15, -0.1) is 0 Å². The number of ether oxygens (including phenoxy) is 1. The van der Waals surface area contributed by atoms with Crippen LogP contribution < -0.4 is 10.5 Å². The van der Waals surface area contributed by atoms with Gasteiger partial charge in [-0.3, -0.25) is 0 Å². The van der Waals surface area contributed by atoms with Gasteiger partial charge in [0.2, 0.25) is 0 Å². The van der Waals surface area contributed by atoms with Crippen LogP contribution >= 0.6 is 15.9 Å². The van der Waals surface area contributed by atoms with E-state index in [1.807, 2.05) is 6.92 Å². The van der Waals surface area contributed by atoms with E-state index in [9.17, 15) is 4.39 Å². The Morgan fingerprint density at radius 1 is 1.57 bits per heavy atom. The van der Waals surface area contributed by atoms with Crippen LogP contribution in [0.3, 0.4) is 0 Å². The average molecular weight is 262 g/mol. The number of methoxy groups -OCH3 is 1. The minimum absolute atomic E-state index is 0.0126. The Balaban J connectivity index is 3.21. The first-order valence-electron chi connectivity index (χ1n) is 4.33. The largest absolute Gasteiger partial charge is 0.494 e. The Morgan fingerprint density at radius 2 is 2.21 bits per heavy atom. The summed E-state index contributed by atoms with van der Waals surface area (Å²) < 4.78 is 19.4. The average Bonchev–Trinajstić information content (AvgIpc) is 2.19. The lowest BCUT2D eigenvalue weighted by molar-refractivity contribution is 0.382. The van der Waals surface area contributed by atoms with E-state index in [0.29, 0.717) is 12.1 Å². The molecule has 0 radical (unpaired) electrons. The molecule has 4 heteroatoms. The topological polar surface area (TPSA) is 35.2 Å². The summed E-state index contributed by atoms with van der Waals surface area (Å²) in [5.41, 5.74) is 6.07. The Bertz CT molecular complexity index is 330. The molecule has 1 unspecified atom stereocenters. The predicted octanol–water partition coefficient (Wildman–Crippen LogP) is 2.66. The lowest BCUT2D eigenvalue weighted by atomic mass is 10.0. The number of halogens is 2. The fourth-order valence-electron chi connectivity index (χ4n) is 1.22. The normalized spacial score (nSPS) is 12.6. The van der Waals surface area contributed by atoms with Crippen LogP contribution in [0.2, 0.25) is 0 Å². The van der Waals surface area contributed by atoms with Gasteiger partial charge in [-0.1, -0.05) is 22.9 Å². The Morgan fingerprint density at radius 3 is 2.71 bits per heavy atom. The smallest absolute Gasteiger partial charge is 0.168 e. The van der Waals surface area contributed by atoms with Crippen molar-refractivity contribution in [2.24, 2.45) is 5.73 Å². The summed E-state index contributed by atoms with van der Waals surface area (Å²) in [5, 5.41) is 0. The summed E-state index contributed by atoms with van der Waals surface area (Å²) in [5.74, 6) is -0.0928. The van der Waals surface area contributed by atoms with Crippen molar-refractivity contribution >= 4 is 15.9 Å². The van der Waals surface area contributed by atoms with E-state index in [-0.39, 0.29) is 17.5 Å². The van der Waals surface area contributed by atoms with Crippen LogP contribution in [0.25, 0.3) is 0 Å². The van der Waals surface area contributed by atoms with Crippen molar-refractivity contribution < 1.29 is 9.13 Å². The maximum Gasteiger partial charge on any atom is 0.168 e. The second kappa shape index (κ2) is 4.75. The molecule has 0 saturated carbocycles. The van der Waals surface area contributed by atoms with Gasteiger partial charge in [-0.2, -0.15) is 0 Å². The molecule has 0 aliphatic carbocycles. The molecule has 78 valence electrons. The van der Waals surface area contributed by atoms with Crippen LogP contribution in [0.4, 0.5) is 4.39 Å². The third-order valence-electron chi connectivity index (χ3n) is 2.14. The maximum absolute atomic E-state index is 13.7. The summed E-state index contributed by atoms with van der Waals surface area (Å²) in [7, 11) is 1.45. The number of nitrogens with two attached hydrogens (primary N) is 1. The number of hydrogen-bond donors (Lipinski definition) is 1. The number of hydrogen-bond acceptors (Lipinski definition) is 2. The zero-order chi connectivity index (χ0) is 10.7. The van der Waals surface area contributed by atoms with Gasteiger partial charge in [0.05, 0.1) is 7.11 Å². The molecule has 0 amide bonds. The molecule has 2 N–H and O–H groups in total. The van der Waals surface area contributed by atoms with Gasteiger partial charge in [0.25, 0.3) is 0 Å². The molecular weight excluding hydrogens is 249 g/mol. The highest BCUT2D eigenvalue weighted by Gasteiger charge is 2.14. The summed E-state index contributed by atoms with van der Waals surface area (Å²) in [6.45, 7) is 2.29. The van der Waals surface area contributed by atoms with Crippen molar-refractivity contribution in [3.8, 4) is 5.75 Å². The fourth-order valence-corrected chi connectivity index (χ4v) is 1.67. The third kappa shape index (κ3) is 2.25. The van der Waals surface area contributed by atoms with Gasteiger partial charge in [0.15, 0.2) is 11.6 Å². The van der Waals surface area contributed by atoms with Crippen LogP contribution in [-0.4, -0.2) is 13.7 Å². The molecule has 0 bridgehead atoms. The second-order valence-corrected chi connectivity index (χ2v) is 4.06. The van der Waals surface area contributed by atoms with Gasteiger partial charge < -0.3 is 10.5 Å². The molecule has 1 rings (SSSR count). The van der Waals surface area contributed by atoms with Crippen molar-refractivity contribution in [1.82, 2.24) is 0 Å². The zero-order valence-corrected chi connectivity index (χ0v) is 9.77. The summed E-state index contributed by atoms with van der Waals surface area (Å²) in [6, 6.07) is 3.33. The highest BCUT2D eigenvalue weighted by atomic mass is 79.9. The first-order chi connectivity index (χ1) is 6.60. The van der Waals surface area contributed by atoms with Gasteiger partial charge in [-0.05, 0) is 30.2 Å². The van der Waals surface area contributed by atoms with Crippen LogP contribution in [0.5, 0.6) is 5.75 Å². The predicted molar refractivity (Wildman–Crippen MR) is 58.1 cm³/mol. The molecule has 0 spiro atoms. The molecule has 0 saturated heterocycles. The molecule has 14 heavy (non-hydrogen) atoms. The fraction of sp³-hybridized carbons (Fsp3) is 0.400. The molecule has 0 aliphatic heterocycles. The highest BCUT2D eigenvalue weighted by molar-refractivity contribution is 9.10. The van der Waals surface area contributed by atoms with Crippen LogP contribution in [-0.2, 0) is 0 Å². The third-order valence-corrected chi connectivity index (χ3v) is 2.59. The SMILES string of the molecule is COc1cc(Br)cc(C(C)CN)c1F. The van der Waals surface area contributed by atoms with E-state index in [1.54, 1.807) is 12.1 Å². The van der Waals surface area contributed by atoms with Crippen LogP contribution in [0.15, 0.2) is 16.6 Å². The summed E-state index contributed by atoms with van der Waals surface area (Å²) in [6.07, 6.45) is 0. The van der Waals surface area contributed by atoms with Crippen LogP contribution in [0.1, 0.15) is 18.4 Å². The van der Waals surface area contributed by atoms with E-state index in [2.05, 4.69) is 15.9 Å². The monoisotopic (exact) mass is 261 g/mol. The van der Waals surface area contributed by atoms with Crippen molar-refractivity contribution in [2.75, 3.05) is 13.7 Å². The van der Waals surface area contributed by atoms with Gasteiger partial charge in [-0.25, -0.2) is 4.39 Å². The summed E-state index contributed by atoms with van der Waals surface area (Å²) in [4.78, 5) is 0. The first kappa shape index (κ1) is 11.5. The minimum Gasteiger partial charge on any atom is -0.494 e. The maximum atomic E-state index is 13.7. The molecular formula is C10H13BrFNO. The van der Waals surface area contributed by atoms with E-state index in [1.165, 1.54) is 7.11 Å². The lowest BCUT2D eigenvalue weighted by Gasteiger charge is -2.13. The van der Waals surface area contributed by atoms with Crippen molar-refractivity contribution in [3.63, 3.8) is 0 Å². The van der Waals surface area contributed by atoms with Gasteiger partial charge in [0, 0.05) is 4.47 Å². The standard InChI is InChI=1S/C10H13BrFNO/c1-6(5-13)8-3-7(11)4-9(14-2)10(8)12/h3-4,6H,5,13H2,1-2H3. The Kier molecular flexibility index (Phi) is 3.89. The Hall–Kier alpha value is -0.610. The van der Waals surface area contributed by atoms with Crippen molar-refractivity contribution in [3.05, 3.63) is 28.0 Å². The molecule has 1 aromatic carbocycles.